The molecule has 0 unspecified atom stereocenters. The number of fused-ring (bicyclic) bond motifs is 5. The number of phenols is 1. The average Bonchev–Trinajstić information content (AvgIpc) is 3.15. The first kappa shape index (κ1) is 16.8. The molecule has 1 aromatic heterocycles. The number of halogens is 1. The van der Waals surface area contributed by atoms with Crippen molar-refractivity contribution < 1.29 is 14.3 Å². The van der Waals surface area contributed by atoms with Crippen molar-refractivity contribution in [1.29, 1.82) is 0 Å². The van der Waals surface area contributed by atoms with Crippen molar-refractivity contribution in [1.82, 2.24) is 4.98 Å². The first-order chi connectivity index (χ1) is 11.8. The summed E-state index contributed by atoms with van der Waals surface area (Å²) in [5.41, 5.74) is 2.58. The minimum atomic E-state index is -0.527. The van der Waals surface area contributed by atoms with E-state index in [0.29, 0.717) is 27.6 Å². The highest BCUT2D eigenvalue weighted by Crippen LogP contribution is 2.61. The van der Waals surface area contributed by atoms with Gasteiger partial charge in [-0.05, 0) is 58.7 Å². The van der Waals surface area contributed by atoms with Crippen LogP contribution in [0.2, 0.25) is 0 Å². The Bertz CT molecular complexity index is 885. The van der Waals surface area contributed by atoms with Crippen LogP contribution in [0.25, 0.3) is 11.3 Å². The highest BCUT2D eigenvalue weighted by atomic mass is 79.9. The number of aromatic hydroxyl groups is 1. The second-order valence-electron chi connectivity index (χ2n) is 8.02. The molecule has 0 spiro atoms. The Balaban J connectivity index is 2.11. The predicted octanol–water partition coefficient (Wildman–Crippen LogP) is 5.47. The van der Waals surface area contributed by atoms with Gasteiger partial charge >= 0.3 is 0 Å². The Hall–Kier alpha value is -1.62. The molecule has 5 heteroatoms. The zero-order valence-corrected chi connectivity index (χ0v) is 16.5. The smallest absolute Gasteiger partial charge is 0.206 e. The summed E-state index contributed by atoms with van der Waals surface area (Å²) in [7, 11) is 0. The minimum absolute atomic E-state index is 0.0116. The molecule has 2 aliphatic rings. The van der Waals surface area contributed by atoms with E-state index in [2.05, 4.69) is 47.8 Å². The number of hydrogen-bond acceptors (Lipinski definition) is 4. The summed E-state index contributed by atoms with van der Waals surface area (Å²) in [5.74, 6) is 1.33. The third-order valence-corrected chi connectivity index (χ3v) is 7.28. The number of ketones is 1. The van der Waals surface area contributed by atoms with Gasteiger partial charge in [0.25, 0.3) is 0 Å². The van der Waals surface area contributed by atoms with Gasteiger partial charge in [-0.2, -0.15) is 0 Å². The topological polar surface area (TPSA) is 63.3 Å². The number of oxazole rings is 1. The van der Waals surface area contributed by atoms with Gasteiger partial charge in [0.15, 0.2) is 12.2 Å². The summed E-state index contributed by atoms with van der Waals surface area (Å²) in [4.78, 5) is 17.7. The Labute approximate surface area is 155 Å². The maximum atomic E-state index is 13.4. The Morgan fingerprint density at radius 3 is 2.84 bits per heavy atom. The fourth-order valence-corrected chi connectivity index (χ4v) is 5.26. The number of Topliss-reactive ketones (excluding diaryl/α,β-unsaturated/α-hetero) is 1. The third-order valence-electron chi connectivity index (χ3n) is 6.28. The Kier molecular flexibility index (Phi) is 3.66. The van der Waals surface area contributed by atoms with Crippen LogP contribution < -0.4 is 0 Å². The number of carbonyl (C=O) groups is 1. The standard InChI is InChI=1S/C20H22BrNO3/c1-9(2)11-5-6-20(4)14(11)12-7-10(3)15(21)17(23)13(12)16-18(19(20)24)25-8-22-16/h7-9,11,14,23H,5-6H2,1-4H3/t11-,14-,20-/m1/s1. The number of phenolic OH excluding ortho intramolecular Hbond substituents is 1. The van der Waals surface area contributed by atoms with Gasteiger partial charge in [-0.25, -0.2) is 4.98 Å². The number of aryl methyl sites for hydroxylation is 1. The largest absolute Gasteiger partial charge is 0.506 e. The lowest BCUT2D eigenvalue weighted by Gasteiger charge is -2.34. The van der Waals surface area contributed by atoms with E-state index < -0.39 is 5.41 Å². The fraction of sp³-hybridized carbons (Fsp3) is 0.500. The quantitative estimate of drug-likeness (QED) is 0.685. The van der Waals surface area contributed by atoms with E-state index >= 15 is 0 Å². The van der Waals surface area contributed by atoms with Crippen molar-refractivity contribution >= 4 is 21.7 Å². The maximum absolute atomic E-state index is 13.4. The van der Waals surface area contributed by atoms with Crippen molar-refractivity contribution in [3.63, 3.8) is 0 Å². The number of rotatable bonds is 1. The lowest BCUT2D eigenvalue weighted by molar-refractivity contribution is 0.0755. The zero-order valence-electron chi connectivity index (χ0n) is 14.9. The summed E-state index contributed by atoms with van der Waals surface area (Å²) < 4.78 is 6.16. The second kappa shape index (κ2) is 5.44. The number of hydrogen-bond donors (Lipinski definition) is 1. The first-order valence-electron chi connectivity index (χ1n) is 8.78. The summed E-state index contributed by atoms with van der Waals surface area (Å²) in [5, 5.41) is 10.9. The summed E-state index contributed by atoms with van der Waals surface area (Å²) in [6, 6.07) is 2.11. The van der Waals surface area contributed by atoms with Crippen LogP contribution in [0.5, 0.6) is 5.75 Å². The van der Waals surface area contributed by atoms with Crippen molar-refractivity contribution in [2.24, 2.45) is 17.3 Å². The Morgan fingerprint density at radius 1 is 1.44 bits per heavy atom. The first-order valence-corrected chi connectivity index (χ1v) is 9.57. The predicted molar refractivity (Wildman–Crippen MR) is 98.8 cm³/mol. The van der Waals surface area contributed by atoms with Crippen molar-refractivity contribution in [3.05, 3.63) is 33.8 Å². The maximum Gasteiger partial charge on any atom is 0.206 e. The van der Waals surface area contributed by atoms with Gasteiger partial charge < -0.3 is 9.52 Å². The fourth-order valence-electron chi connectivity index (χ4n) is 4.95. The highest BCUT2D eigenvalue weighted by Gasteiger charge is 2.55. The number of aromatic nitrogens is 1. The van der Waals surface area contributed by atoms with E-state index in [9.17, 15) is 9.90 Å². The molecule has 1 aromatic carbocycles. The van der Waals surface area contributed by atoms with E-state index in [1.165, 1.54) is 6.39 Å². The molecule has 0 saturated heterocycles. The Morgan fingerprint density at radius 2 is 2.16 bits per heavy atom. The van der Waals surface area contributed by atoms with Crippen LogP contribution in [0.15, 0.2) is 21.3 Å². The van der Waals surface area contributed by atoms with Gasteiger partial charge in [0.2, 0.25) is 5.78 Å². The summed E-state index contributed by atoms with van der Waals surface area (Å²) in [6.07, 6.45) is 3.14. The van der Waals surface area contributed by atoms with Gasteiger partial charge in [0.1, 0.15) is 11.4 Å². The van der Waals surface area contributed by atoms with Gasteiger partial charge in [-0.15, -0.1) is 0 Å². The molecule has 1 fully saturated rings. The lowest BCUT2D eigenvalue weighted by atomic mass is 9.68. The van der Waals surface area contributed by atoms with Crippen molar-refractivity contribution in [3.8, 4) is 17.0 Å². The molecule has 4 nitrogen and oxygen atoms in total. The van der Waals surface area contributed by atoms with E-state index in [-0.39, 0.29) is 23.2 Å². The zero-order chi connectivity index (χ0) is 18.1. The van der Waals surface area contributed by atoms with Gasteiger partial charge in [0.05, 0.1) is 10.0 Å². The monoisotopic (exact) mass is 403 g/mol. The SMILES string of the molecule is Cc1cc2c(c(O)c1Br)-c1ncoc1C(=O)[C@]1(C)CC[C@H](C(C)C)[C@H]21. The number of nitrogens with zero attached hydrogens (tertiary/aromatic N) is 1. The van der Waals surface area contributed by atoms with E-state index in [1.807, 2.05) is 6.92 Å². The molecule has 4 rings (SSSR count). The molecule has 3 atom stereocenters. The van der Waals surface area contributed by atoms with Crippen LogP contribution in [0.4, 0.5) is 0 Å². The molecule has 1 heterocycles. The number of carbonyl (C=O) groups excluding carboxylic acids is 1. The van der Waals surface area contributed by atoms with Crippen LogP contribution in [0, 0.1) is 24.2 Å². The molecule has 0 bridgehead atoms. The third kappa shape index (κ3) is 2.11. The molecule has 132 valence electrons. The van der Waals surface area contributed by atoms with E-state index in [4.69, 9.17) is 4.42 Å². The molecule has 0 amide bonds. The van der Waals surface area contributed by atoms with E-state index in [0.717, 1.165) is 24.0 Å². The molecular weight excluding hydrogens is 382 g/mol. The molecule has 1 saturated carbocycles. The van der Waals surface area contributed by atoms with Crippen LogP contribution in [-0.2, 0) is 0 Å². The minimum Gasteiger partial charge on any atom is -0.506 e. The average molecular weight is 404 g/mol. The van der Waals surface area contributed by atoms with Crippen LogP contribution >= 0.6 is 15.9 Å². The molecular formula is C20H22BrNO3. The van der Waals surface area contributed by atoms with Gasteiger partial charge in [0, 0.05) is 11.3 Å². The van der Waals surface area contributed by atoms with Crippen molar-refractivity contribution in [2.75, 3.05) is 0 Å². The lowest BCUT2D eigenvalue weighted by Crippen LogP contribution is -2.32. The van der Waals surface area contributed by atoms with Gasteiger partial charge in [-0.3, -0.25) is 4.79 Å². The van der Waals surface area contributed by atoms with E-state index in [1.54, 1.807) is 0 Å². The molecule has 0 aliphatic heterocycles. The van der Waals surface area contributed by atoms with Crippen molar-refractivity contribution in [2.45, 2.75) is 46.5 Å². The van der Waals surface area contributed by atoms with Crippen LogP contribution in [0.1, 0.15) is 61.2 Å². The van der Waals surface area contributed by atoms with Crippen LogP contribution in [-0.4, -0.2) is 15.9 Å². The molecule has 0 radical (unpaired) electrons. The summed E-state index contributed by atoms with van der Waals surface area (Å²) in [6.45, 7) is 8.45. The molecule has 25 heavy (non-hydrogen) atoms. The number of benzene rings is 1. The normalized spacial score (nSPS) is 27.8. The molecule has 2 aromatic rings. The molecule has 1 N–H and O–H groups in total. The summed E-state index contributed by atoms with van der Waals surface area (Å²) >= 11 is 3.48. The second-order valence-corrected chi connectivity index (χ2v) is 8.81. The van der Waals surface area contributed by atoms with Crippen LogP contribution in [0.3, 0.4) is 0 Å². The van der Waals surface area contributed by atoms with Gasteiger partial charge in [-0.1, -0.05) is 26.8 Å². The molecule has 2 aliphatic carbocycles. The highest BCUT2D eigenvalue weighted by molar-refractivity contribution is 9.10.